The van der Waals surface area contributed by atoms with Gasteiger partial charge in [0, 0.05) is 17.7 Å². The van der Waals surface area contributed by atoms with E-state index in [4.69, 9.17) is 21.1 Å². The normalized spacial score (nSPS) is 20.9. The molecule has 5 nitrogen and oxygen atoms in total. The summed E-state index contributed by atoms with van der Waals surface area (Å²) in [6, 6.07) is 4.46. The van der Waals surface area contributed by atoms with Gasteiger partial charge in [0.05, 0.1) is 22.5 Å². The topological polar surface area (TPSA) is 61.6 Å². The van der Waals surface area contributed by atoms with Gasteiger partial charge in [-0.05, 0) is 32.8 Å². The van der Waals surface area contributed by atoms with Crippen LogP contribution in [0.5, 0.6) is 5.75 Å². The van der Waals surface area contributed by atoms with Gasteiger partial charge in [-0.3, -0.25) is 10.1 Å². The monoisotopic (exact) mass is 299 g/mol. The molecule has 0 N–H and O–H groups in total. The van der Waals surface area contributed by atoms with Crippen molar-refractivity contribution in [1.29, 1.82) is 0 Å². The Kier molecular flexibility index (Phi) is 4.50. The number of benzene rings is 1. The van der Waals surface area contributed by atoms with Gasteiger partial charge >= 0.3 is 0 Å². The van der Waals surface area contributed by atoms with E-state index in [2.05, 4.69) is 13.8 Å². The molecule has 1 aromatic carbocycles. The number of ether oxygens (including phenoxy) is 2. The zero-order valence-electron chi connectivity index (χ0n) is 11.6. The molecule has 0 aliphatic carbocycles. The summed E-state index contributed by atoms with van der Waals surface area (Å²) in [7, 11) is 0. The summed E-state index contributed by atoms with van der Waals surface area (Å²) in [4.78, 5) is 10.3. The minimum absolute atomic E-state index is 0.0197. The minimum atomic E-state index is -0.442. The third kappa shape index (κ3) is 3.61. The third-order valence-corrected chi connectivity index (χ3v) is 3.67. The van der Waals surface area contributed by atoms with Gasteiger partial charge in [-0.1, -0.05) is 0 Å². The lowest BCUT2D eigenvalue weighted by atomic mass is 10.1. The molecule has 0 spiro atoms. The Morgan fingerprint density at radius 1 is 1.55 bits per heavy atom. The molecule has 1 heterocycles. The molecule has 0 amide bonds. The molecule has 1 aliphatic heterocycles. The van der Waals surface area contributed by atoms with Crippen LogP contribution in [0.3, 0.4) is 0 Å². The molecule has 0 bridgehead atoms. The predicted molar refractivity (Wildman–Crippen MR) is 76.3 cm³/mol. The molecule has 20 heavy (non-hydrogen) atoms. The first-order valence-corrected chi connectivity index (χ1v) is 7.08. The van der Waals surface area contributed by atoms with Crippen molar-refractivity contribution in [3.63, 3.8) is 0 Å². The van der Waals surface area contributed by atoms with E-state index in [1.165, 1.54) is 12.1 Å². The van der Waals surface area contributed by atoms with Crippen LogP contribution in [-0.2, 0) is 10.6 Å². The molecule has 2 rings (SSSR count). The number of nitro groups is 1. The fraction of sp³-hybridized carbons (Fsp3) is 0.571. The molecule has 1 atom stereocenters. The van der Waals surface area contributed by atoms with Crippen LogP contribution in [0.15, 0.2) is 18.2 Å². The van der Waals surface area contributed by atoms with Crippen molar-refractivity contribution in [2.45, 2.75) is 44.3 Å². The Morgan fingerprint density at radius 3 is 2.85 bits per heavy atom. The number of rotatable bonds is 5. The highest BCUT2D eigenvalue weighted by Crippen LogP contribution is 2.31. The highest BCUT2D eigenvalue weighted by molar-refractivity contribution is 6.17. The standard InChI is InChI=1S/C14H18ClNO4/c1-14(2)6-5-12(20-14)9-19-13-4-3-11(16(17)18)7-10(13)8-15/h3-4,7,12H,5-6,8-9H2,1-2H3. The highest BCUT2D eigenvalue weighted by atomic mass is 35.5. The third-order valence-electron chi connectivity index (χ3n) is 3.38. The molecule has 1 saturated heterocycles. The molecule has 1 fully saturated rings. The number of nitro benzene ring substituents is 1. The fourth-order valence-electron chi connectivity index (χ4n) is 2.30. The second-order valence-electron chi connectivity index (χ2n) is 5.53. The molecular weight excluding hydrogens is 282 g/mol. The van der Waals surface area contributed by atoms with E-state index in [9.17, 15) is 10.1 Å². The second-order valence-corrected chi connectivity index (χ2v) is 5.80. The Morgan fingerprint density at radius 2 is 2.30 bits per heavy atom. The number of nitrogens with zero attached hydrogens (tertiary/aromatic N) is 1. The van der Waals surface area contributed by atoms with Crippen molar-refractivity contribution < 1.29 is 14.4 Å². The number of halogens is 1. The lowest BCUT2D eigenvalue weighted by Crippen LogP contribution is -2.24. The summed E-state index contributed by atoms with van der Waals surface area (Å²) in [6.45, 7) is 4.55. The Hall–Kier alpha value is -1.33. The molecule has 1 unspecified atom stereocenters. The first kappa shape index (κ1) is 15.1. The number of non-ortho nitro benzene ring substituents is 1. The second kappa shape index (κ2) is 5.97. The van der Waals surface area contributed by atoms with Crippen LogP contribution in [-0.4, -0.2) is 23.2 Å². The Labute approximate surface area is 123 Å². The van der Waals surface area contributed by atoms with Gasteiger partial charge in [0.15, 0.2) is 0 Å². The summed E-state index contributed by atoms with van der Waals surface area (Å²) < 4.78 is 11.5. The maximum atomic E-state index is 10.7. The highest BCUT2D eigenvalue weighted by Gasteiger charge is 2.32. The van der Waals surface area contributed by atoms with E-state index in [1.807, 2.05) is 0 Å². The maximum absolute atomic E-state index is 10.7. The largest absolute Gasteiger partial charge is 0.491 e. The molecule has 1 aromatic rings. The summed E-state index contributed by atoms with van der Waals surface area (Å²) in [6.07, 6.45) is 2.02. The van der Waals surface area contributed by atoms with Crippen molar-refractivity contribution >= 4 is 17.3 Å². The van der Waals surface area contributed by atoms with Gasteiger partial charge in [-0.25, -0.2) is 0 Å². The fourth-order valence-corrected chi connectivity index (χ4v) is 2.51. The van der Waals surface area contributed by atoms with Crippen molar-refractivity contribution in [1.82, 2.24) is 0 Å². The van der Waals surface area contributed by atoms with Gasteiger partial charge in [-0.2, -0.15) is 0 Å². The first-order valence-electron chi connectivity index (χ1n) is 6.55. The van der Waals surface area contributed by atoms with Crippen molar-refractivity contribution in [2.75, 3.05) is 6.61 Å². The first-order chi connectivity index (χ1) is 9.41. The summed E-state index contributed by atoms with van der Waals surface area (Å²) in [5.74, 6) is 0.757. The number of hydrogen-bond donors (Lipinski definition) is 0. The van der Waals surface area contributed by atoms with E-state index in [1.54, 1.807) is 6.07 Å². The van der Waals surface area contributed by atoms with Crippen LogP contribution in [0.1, 0.15) is 32.3 Å². The average Bonchev–Trinajstić information content (AvgIpc) is 2.75. The zero-order valence-corrected chi connectivity index (χ0v) is 12.4. The predicted octanol–water partition coefficient (Wildman–Crippen LogP) is 3.67. The van der Waals surface area contributed by atoms with Crippen molar-refractivity contribution in [3.8, 4) is 5.75 Å². The Balaban J connectivity index is 2.01. The van der Waals surface area contributed by atoms with Crippen LogP contribution in [0, 0.1) is 10.1 Å². The van der Waals surface area contributed by atoms with Gasteiger partial charge in [0.25, 0.3) is 5.69 Å². The summed E-state index contributed by atoms with van der Waals surface area (Å²) in [5.41, 5.74) is 0.545. The lowest BCUT2D eigenvalue weighted by molar-refractivity contribution is -0.384. The van der Waals surface area contributed by atoms with Gasteiger partial charge in [0.2, 0.25) is 0 Å². The van der Waals surface area contributed by atoms with Gasteiger partial charge in [0.1, 0.15) is 12.4 Å². The van der Waals surface area contributed by atoms with Crippen LogP contribution in [0.2, 0.25) is 0 Å². The van der Waals surface area contributed by atoms with E-state index < -0.39 is 4.92 Å². The van der Waals surface area contributed by atoms with Crippen LogP contribution >= 0.6 is 11.6 Å². The smallest absolute Gasteiger partial charge is 0.270 e. The Bertz CT molecular complexity index is 504. The molecule has 6 heteroatoms. The number of hydrogen-bond acceptors (Lipinski definition) is 4. The molecule has 0 saturated carbocycles. The molecule has 110 valence electrons. The number of alkyl halides is 1. The summed E-state index contributed by atoms with van der Waals surface area (Å²) >= 11 is 5.82. The van der Waals surface area contributed by atoms with Crippen LogP contribution < -0.4 is 4.74 Å². The van der Waals surface area contributed by atoms with E-state index in [0.29, 0.717) is 17.9 Å². The summed E-state index contributed by atoms with van der Waals surface area (Å²) in [5, 5.41) is 10.7. The van der Waals surface area contributed by atoms with Crippen molar-refractivity contribution in [3.05, 3.63) is 33.9 Å². The molecular formula is C14H18ClNO4. The van der Waals surface area contributed by atoms with Gasteiger partial charge < -0.3 is 9.47 Å². The molecule has 1 aliphatic rings. The SMILES string of the molecule is CC1(C)CCC(COc2ccc([N+](=O)[O-])cc2CCl)O1. The zero-order chi connectivity index (χ0) is 14.8. The molecule has 0 radical (unpaired) electrons. The minimum Gasteiger partial charge on any atom is -0.491 e. The van der Waals surface area contributed by atoms with Crippen LogP contribution in [0.25, 0.3) is 0 Å². The quantitative estimate of drug-likeness (QED) is 0.473. The van der Waals surface area contributed by atoms with E-state index in [-0.39, 0.29) is 23.3 Å². The van der Waals surface area contributed by atoms with Crippen molar-refractivity contribution in [2.24, 2.45) is 0 Å². The average molecular weight is 300 g/mol. The van der Waals surface area contributed by atoms with E-state index >= 15 is 0 Å². The van der Waals surface area contributed by atoms with E-state index in [0.717, 1.165) is 12.8 Å². The maximum Gasteiger partial charge on any atom is 0.270 e. The van der Waals surface area contributed by atoms with Crippen LogP contribution in [0.4, 0.5) is 5.69 Å². The van der Waals surface area contributed by atoms with Gasteiger partial charge in [-0.15, -0.1) is 11.6 Å². The molecule has 0 aromatic heterocycles. The lowest BCUT2D eigenvalue weighted by Gasteiger charge is -2.19.